The molecule has 0 unspecified atom stereocenters. The van der Waals surface area contributed by atoms with Gasteiger partial charge in [0.05, 0.1) is 12.6 Å². The van der Waals surface area contributed by atoms with Gasteiger partial charge in [-0.05, 0) is 17.7 Å². The zero-order chi connectivity index (χ0) is 11.3. The number of hydrogen-bond acceptors (Lipinski definition) is 2. The van der Waals surface area contributed by atoms with E-state index in [0.29, 0.717) is 5.57 Å². The molecule has 0 aromatic heterocycles. The van der Waals surface area contributed by atoms with Gasteiger partial charge in [0.2, 0.25) is 0 Å². The Bertz CT molecular complexity index is 390. The fourth-order valence-electron chi connectivity index (χ4n) is 1.26. The molecule has 76 valence electrons. The van der Waals surface area contributed by atoms with Crippen LogP contribution >= 0.6 is 0 Å². The second-order valence-electron chi connectivity index (χ2n) is 3.06. The summed E-state index contributed by atoms with van der Waals surface area (Å²) >= 11 is 0. The van der Waals surface area contributed by atoms with E-state index in [9.17, 15) is 0 Å². The smallest absolute Gasteiger partial charge is 0.269 e. The molecule has 0 saturated heterocycles. The maximum atomic E-state index is 8.78. The van der Waals surface area contributed by atoms with E-state index in [4.69, 9.17) is 16.6 Å². The first-order chi connectivity index (χ1) is 7.24. The summed E-state index contributed by atoms with van der Waals surface area (Å²) in [4.78, 5) is 3.19. The molecular weight excluding hydrogens is 188 g/mol. The third-order valence-corrected chi connectivity index (χ3v) is 2.08. The highest BCUT2D eigenvalue weighted by Gasteiger charge is 2.11. The van der Waals surface area contributed by atoms with Crippen molar-refractivity contribution in [2.75, 3.05) is 0 Å². The lowest BCUT2D eigenvalue weighted by Crippen LogP contribution is -1.99. The maximum Gasteiger partial charge on any atom is 0.269 e. The molecule has 0 aromatic carbocycles. The molecule has 0 bridgehead atoms. The minimum absolute atomic E-state index is 0.121. The summed E-state index contributed by atoms with van der Waals surface area (Å²) in [5, 5.41) is 8.78. The van der Waals surface area contributed by atoms with Crippen LogP contribution < -0.4 is 0 Å². The Labute approximate surface area is 89.8 Å². The van der Waals surface area contributed by atoms with Crippen molar-refractivity contribution in [3.8, 4) is 6.07 Å². The first kappa shape index (κ1) is 11.1. The average Bonchev–Trinajstić information content (AvgIpc) is 2.30. The Morgan fingerprint density at radius 3 is 2.27 bits per heavy atom. The van der Waals surface area contributed by atoms with Gasteiger partial charge in [0.15, 0.2) is 0 Å². The van der Waals surface area contributed by atoms with E-state index < -0.39 is 0 Å². The van der Waals surface area contributed by atoms with E-state index in [1.54, 1.807) is 12.2 Å². The summed E-state index contributed by atoms with van der Waals surface area (Å²) in [6.45, 7) is 10.8. The molecule has 0 fully saturated rings. The van der Waals surface area contributed by atoms with E-state index in [-0.39, 0.29) is 5.70 Å². The minimum atomic E-state index is 0.121. The highest BCUT2D eigenvalue weighted by molar-refractivity contribution is 5.48. The van der Waals surface area contributed by atoms with Gasteiger partial charge < -0.3 is 4.74 Å². The van der Waals surface area contributed by atoms with Crippen molar-refractivity contribution >= 4 is 0 Å². The van der Waals surface area contributed by atoms with Gasteiger partial charge in [0.25, 0.3) is 5.70 Å². The molecule has 1 aliphatic rings. The molecule has 0 N–H and O–H groups in total. The molecule has 1 rings (SSSR count). The molecular formula is C12H12N2O. The summed E-state index contributed by atoms with van der Waals surface area (Å²) in [6, 6.07) is 1.89. The lowest BCUT2D eigenvalue weighted by molar-refractivity contribution is 0.279. The number of hydrogen-bond donors (Lipinski definition) is 0. The van der Waals surface area contributed by atoms with Crippen LogP contribution in [-0.2, 0) is 4.74 Å². The normalized spacial score (nSPS) is 14.3. The van der Waals surface area contributed by atoms with Crippen molar-refractivity contribution in [2.24, 2.45) is 0 Å². The summed E-state index contributed by atoms with van der Waals surface area (Å²) < 4.78 is 5.53. The quantitative estimate of drug-likeness (QED) is 0.506. The van der Waals surface area contributed by atoms with Gasteiger partial charge in [0.1, 0.15) is 11.5 Å². The van der Waals surface area contributed by atoms with Crippen molar-refractivity contribution < 1.29 is 4.74 Å². The van der Waals surface area contributed by atoms with Crippen molar-refractivity contribution in [3.63, 3.8) is 0 Å². The summed E-state index contributed by atoms with van der Waals surface area (Å²) in [5.41, 5.74) is 0.780. The number of ether oxygens (including phenoxy) is 1. The minimum Gasteiger partial charge on any atom is -0.466 e. The predicted molar refractivity (Wildman–Crippen MR) is 57.1 cm³/mol. The molecule has 0 aromatic rings. The first-order valence-electron chi connectivity index (χ1n) is 4.86. The van der Waals surface area contributed by atoms with Crippen LogP contribution in [0.3, 0.4) is 0 Å². The fourth-order valence-corrected chi connectivity index (χ4v) is 1.26. The van der Waals surface area contributed by atoms with Gasteiger partial charge in [-0.15, -0.1) is 0 Å². The van der Waals surface area contributed by atoms with E-state index in [0.717, 1.165) is 24.4 Å². The summed E-state index contributed by atoms with van der Waals surface area (Å²) in [6.07, 6.45) is 5.04. The Morgan fingerprint density at radius 1 is 1.40 bits per heavy atom. The van der Waals surface area contributed by atoms with Crippen LogP contribution in [0.2, 0.25) is 0 Å². The van der Waals surface area contributed by atoms with Crippen LogP contribution in [-0.4, -0.2) is 0 Å². The van der Waals surface area contributed by atoms with Crippen molar-refractivity contribution in [3.05, 3.63) is 46.4 Å². The fraction of sp³-hybridized carbons (Fsp3) is 0.333. The van der Waals surface area contributed by atoms with E-state index in [2.05, 4.69) is 4.85 Å². The monoisotopic (exact) mass is 200 g/mol. The number of nitrogens with zero attached hydrogens (tertiary/aromatic N) is 2. The van der Waals surface area contributed by atoms with Crippen LogP contribution in [0.25, 0.3) is 4.85 Å². The van der Waals surface area contributed by atoms with Crippen LogP contribution in [0.5, 0.6) is 0 Å². The Morgan fingerprint density at radius 2 is 1.93 bits per heavy atom. The molecule has 0 radical (unpaired) electrons. The molecule has 1 heterocycles. The van der Waals surface area contributed by atoms with Gasteiger partial charge in [-0.3, -0.25) is 0 Å². The Hall–Kier alpha value is -2.00. The molecule has 15 heavy (non-hydrogen) atoms. The molecule has 0 atom stereocenters. The van der Waals surface area contributed by atoms with Gasteiger partial charge in [-0.25, -0.2) is 10.1 Å². The third kappa shape index (κ3) is 2.48. The zero-order valence-electron chi connectivity index (χ0n) is 8.87. The SMILES string of the molecule is [C-]#[N+]C(C#N)=C1C=C(CC)OC(CC)=C1. The first-order valence-corrected chi connectivity index (χ1v) is 4.86. The highest BCUT2D eigenvalue weighted by Crippen LogP contribution is 2.25. The van der Waals surface area contributed by atoms with Gasteiger partial charge >= 0.3 is 0 Å². The van der Waals surface area contributed by atoms with E-state index >= 15 is 0 Å². The molecule has 3 heteroatoms. The average molecular weight is 200 g/mol. The van der Waals surface area contributed by atoms with E-state index in [1.165, 1.54) is 0 Å². The molecule has 0 amide bonds. The molecule has 0 aliphatic carbocycles. The second kappa shape index (κ2) is 5.02. The summed E-state index contributed by atoms with van der Waals surface area (Å²) in [5.74, 6) is 1.61. The second-order valence-corrected chi connectivity index (χ2v) is 3.06. The van der Waals surface area contributed by atoms with Gasteiger partial charge in [-0.1, -0.05) is 13.8 Å². The maximum absolute atomic E-state index is 8.78. The van der Waals surface area contributed by atoms with Crippen molar-refractivity contribution in [1.29, 1.82) is 5.26 Å². The lowest BCUT2D eigenvalue weighted by Gasteiger charge is -2.16. The van der Waals surface area contributed by atoms with Crippen LogP contribution in [0.15, 0.2) is 34.9 Å². The number of nitriles is 1. The largest absolute Gasteiger partial charge is 0.466 e. The predicted octanol–water partition coefficient (Wildman–Crippen LogP) is 3.30. The molecule has 3 nitrogen and oxygen atoms in total. The van der Waals surface area contributed by atoms with Crippen LogP contribution in [0.1, 0.15) is 26.7 Å². The van der Waals surface area contributed by atoms with Gasteiger partial charge in [0, 0.05) is 12.8 Å². The standard InChI is InChI=1S/C12H12N2O/c1-4-10-6-9(12(8-13)14-3)7-11(5-2)15-10/h6-7H,4-5H2,1-2H3. The van der Waals surface area contributed by atoms with Crippen molar-refractivity contribution in [2.45, 2.75) is 26.7 Å². The van der Waals surface area contributed by atoms with Crippen LogP contribution in [0.4, 0.5) is 0 Å². The number of allylic oxidation sites excluding steroid dienone is 6. The third-order valence-electron chi connectivity index (χ3n) is 2.08. The van der Waals surface area contributed by atoms with Crippen LogP contribution in [0, 0.1) is 17.9 Å². The Balaban J connectivity index is 3.19. The zero-order valence-corrected chi connectivity index (χ0v) is 8.87. The topological polar surface area (TPSA) is 37.4 Å². The molecule has 0 spiro atoms. The Kier molecular flexibility index (Phi) is 3.71. The molecule has 0 saturated carbocycles. The number of rotatable bonds is 2. The van der Waals surface area contributed by atoms with Gasteiger partial charge in [-0.2, -0.15) is 0 Å². The summed E-state index contributed by atoms with van der Waals surface area (Å²) in [7, 11) is 0. The van der Waals surface area contributed by atoms with Crippen molar-refractivity contribution in [1.82, 2.24) is 0 Å². The lowest BCUT2D eigenvalue weighted by atomic mass is 10.1. The molecule has 1 aliphatic heterocycles. The highest BCUT2D eigenvalue weighted by atomic mass is 16.5. The van der Waals surface area contributed by atoms with E-state index in [1.807, 2.05) is 19.9 Å².